The second kappa shape index (κ2) is 7.67. The molecule has 0 fully saturated rings. The van der Waals surface area contributed by atoms with E-state index >= 15 is 0 Å². The monoisotopic (exact) mass is 312 g/mol. The molecule has 0 saturated heterocycles. The number of fused-ring (bicyclic) bond motifs is 1. The van der Waals surface area contributed by atoms with Gasteiger partial charge in [0.25, 0.3) is 0 Å². The summed E-state index contributed by atoms with van der Waals surface area (Å²) in [5, 5.41) is 10.1. The second-order valence-corrected chi connectivity index (χ2v) is 5.20. The zero-order valence-electron chi connectivity index (χ0n) is 13.5. The van der Waals surface area contributed by atoms with Gasteiger partial charge in [-0.15, -0.1) is 0 Å². The third-order valence-electron chi connectivity index (χ3n) is 3.91. The van der Waals surface area contributed by atoms with Gasteiger partial charge in [0.2, 0.25) is 5.75 Å². The van der Waals surface area contributed by atoms with Gasteiger partial charge >= 0.3 is 0 Å². The number of methoxy groups -OCH3 is 4. The highest BCUT2D eigenvalue weighted by atomic mass is 16.7. The maximum Gasteiger partial charge on any atom is 0.203 e. The largest absolute Gasteiger partial charge is 0.493 e. The highest BCUT2D eigenvalue weighted by Gasteiger charge is 2.30. The normalized spacial score (nSPS) is 21.0. The van der Waals surface area contributed by atoms with Crippen LogP contribution in [0.15, 0.2) is 6.07 Å². The highest BCUT2D eigenvalue weighted by Crippen LogP contribution is 2.46. The Hall–Kier alpha value is -1.50. The molecule has 0 spiro atoms. The van der Waals surface area contributed by atoms with E-state index in [0.29, 0.717) is 36.5 Å². The van der Waals surface area contributed by atoms with E-state index in [2.05, 4.69) is 0 Å². The molecule has 0 heterocycles. The van der Waals surface area contributed by atoms with Crippen LogP contribution in [0, 0.1) is 0 Å². The molecule has 1 aromatic carbocycles. The molecular weight excluding hydrogens is 288 g/mol. The first-order valence-electron chi connectivity index (χ1n) is 7.26. The fourth-order valence-corrected chi connectivity index (χ4v) is 2.89. The molecule has 2 rings (SSSR count). The molecule has 124 valence electrons. The van der Waals surface area contributed by atoms with Crippen molar-refractivity contribution in [3.63, 3.8) is 0 Å². The summed E-state index contributed by atoms with van der Waals surface area (Å²) in [6.07, 6.45) is 1.13. The third kappa shape index (κ3) is 3.29. The first kappa shape index (κ1) is 16.9. The number of ether oxygens (including phenoxy) is 5. The minimum Gasteiger partial charge on any atom is -0.493 e. The number of hydrogen-bond donors (Lipinski definition) is 1. The van der Waals surface area contributed by atoms with Crippen molar-refractivity contribution >= 4 is 0 Å². The molecule has 6 heteroatoms. The zero-order valence-corrected chi connectivity index (χ0v) is 13.5. The fraction of sp³-hybridized carbons (Fsp3) is 0.625. The standard InChI is InChI=1S/C16H24O6/c1-18-9-22-13-7-10(17)5-6-11-12(13)8-14(19-2)16(21-4)15(11)20-3/h8,10,13,17H,5-7,9H2,1-4H3/t10-,13?/m0/s1. The van der Waals surface area contributed by atoms with Crippen molar-refractivity contribution in [1.29, 1.82) is 0 Å². The van der Waals surface area contributed by atoms with E-state index in [1.54, 1.807) is 28.4 Å². The Kier molecular flexibility index (Phi) is 5.88. The number of aliphatic hydroxyl groups excluding tert-OH is 1. The molecule has 0 aromatic heterocycles. The number of rotatable bonds is 6. The van der Waals surface area contributed by atoms with Crippen molar-refractivity contribution in [3.05, 3.63) is 17.2 Å². The Morgan fingerprint density at radius 1 is 1.09 bits per heavy atom. The van der Waals surface area contributed by atoms with Gasteiger partial charge in [0.1, 0.15) is 6.79 Å². The molecule has 0 radical (unpaired) electrons. The minimum atomic E-state index is -0.434. The lowest BCUT2D eigenvalue weighted by Crippen LogP contribution is -2.14. The van der Waals surface area contributed by atoms with E-state index in [0.717, 1.165) is 11.1 Å². The van der Waals surface area contributed by atoms with Crippen molar-refractivity contribution in [2.24, 2.45) is 0 Å². The molecule has 22 heavy (non-hydrogen) atoms. The Labute approximate surface area is 130 Å². The fourth-order valence-electron chi connectivity index (χ4n) is 2.89. The van der Waals surface area contributed by atoms with Gasteiger partial charge in [0, 0.05) is 19.1 Å². The van der Waals surface area contributed by atoms with Crippen LogP contribution in [0.3, 0.4) is 0 Å². The number of benzene rings is 1. The zero-order chi connectivity index (χ0) is 16.1. The van der Waals surface area contributed by atoms with Crippen LogP contribution in [0.2, 0.25) is 0 Å². The SMILES string of the molecule is COCOC1C[C@@H](O)CCc2c1cc(OC)c(OC)c2OC. The molecule has 1 aromatic rings. The van der Waals surface area contributed by atoms with Crippen LogP contribution in [0.5, 0.6) is 17.2 Å². The quantitative estimate of drug-likeness (QED) is 0.641. The van der Waals surface area contributed by atoms with E-state index < -0.39 is 6.10 Å². The van der Waals surface area contributed by atoms with Gasteiger partial charge in [-0.2, -0.15) is 0 Å². The molecule has 1 aliphatic rings. The summed E-state index contributed by atoms with van der Waals surface area (Å²) in [5.74, 6) is 1.78. The van der Waals surface area contributed by atoms with Crippen LogP contribution < -0.4 is 14.2 Å². The summed E-state index contributed by atoms with van der Waals surface area (Å²) >= 11 is 0. The summed E-state index contributed by atoms with van der Waals surface area (Å²) < 4.78 is 27.1. The van der Waals surface area contributed by atoms with Gasteiger partial charge in [-0.25, -0.2) is 0 Å². The number of hydrogen-bond acceptors (Lipinski definition) is 6. The average molecular weight is 312 g/mol. The predicted molar refractivity (Wildman–Crippen MR) is 80.7 cm³/mol. The highest BCUT2D eigenvalue weighted by molar-refractivity contribution is 5.60. The van der Waals surface area contributed by atoms with Crippen LogP contribution in [-0.4, -0.2) is 46.4 Å². The smallest absolute Gasteiger partial charge is 0.203 e. The molecule has 2 atom stereocenters. The van der Waals surface area contributed by atoms with Gasteiger partial charge < -0.3 is 28.8 Å². The Morgan fingerprint density at radius 2 is 1.82 bits per heavy atom. The topological polar surface area (TPSA) is 66.4 Å². The van der Waals surface area contributed by atoms with Crippen LogP contribution >= 0.6 is 0 Å². The van der Waals surface area contributed by atoms with Gasteiger partial charge in [-0.3, -0.25) is 0 Å². The average Bonchev–Trinajstić information content (AvgIpc) is 2.69. The first-order chi connectivity index (χ1) is 10.7. The maximum atomic E-state index is 10.1. The Morgan fingerprint density at radius 3 is 2.41 bits per heavy atom. The predicted octanol–water partition coefficient (Wildman–Crippen LogP) is 2.07. The Balaban J connectivity index is 2.54. The Bertz CT molecular complexity index is 502. The molecule has 1 aliphatic carbocycles. The summed E-state index contributed by atoms with van der Waals surface area (Å²) in [6, 6.07) is 1.90. The molecule has 0 amide bonds. The summed E-state index contributed by atoms with van der Waals surface area (Å²) in [6.45, 7) is 0.160. The van der Waals surface area contributed by atoms with Crippen molar-refractivity contribution in [2.75, 3.05) is 35.2 Å². The molecule has 0 bridgehead atoms. The van der Waals surface area contributed by atoms with E-state index in [-0.39, 0.29) is 12.9 Å². The summed E-state index contributed by atoms with van der Waals surface area (Å²) in [5.41, 5.74) is 1.93. The van der Waals surface area contributed by atoms with Gasteiger partial charge in [-0.05, 0) is 24.5 Å². The van der Waals surface area contributed by atoms with E-state index in [4.69, 9.17) is 23.7 Å². The van der Waals surface area contributed by atoms with Crippen molar-refractivity contribution < 1.29 is 28.8 Å². The minimum absolute atomic E-state index is 0.160. The molecular formula is C16H24O6. The molecule has 0 aliphatic heterocycles. The summed E-state index contributed by atoms with van der Waals surface area (Å²) in [7, 11) is 6.34. The third-order valence-corrected chi connectivity index (χ3v) is 3.91. The summed E-state index contributed by atoms with van der Waals surface area (Å²) in [4.78, 5) is 0. The molecule has 6 nitrogen and oxygen atoms in total. The van der Waals surface area contributed by atoms with Gasteiger partial charge in [0.15, 0.2) is 11.5 Å². The van der Waals surface area contributed by atoms with Crippen molar-refractivity contribution in [1.82, 2.24) is 0 Å². The molecule has 0 saturated carbocycles. The van der Waals surface area contributed by atoms with Crippen LogP contribution in [0.25, 0.3) is 0 Å². The lowest BCUT2D eigenvalue weighted by molar-refractivity contribution is -0.0853. The van der Waals surface area contributed by atoms with E-state index in [1.807, 2.05) is 6.07 Å². The van der Waals surface area contributed by atoms with Crippen LogP contribution in [0.4, 0.5) is 0 Å². The maximum absolute atomic E-state index is 10.1. The van der Waals surface area contributed by atoms with E-state index in [1.165, 1.54) is 0 Å². The second-order valence-electron chi connectivity index (χ2n) is 5.20. The van der Waals surface area contributed by atoms with Crippen molar-refractivity contribution in [3.8, 4) is 17.2 Å². The lowest BCUT2D eigenvalue weighted by atomic mass is 9.98. The van der Waals surface area contributed by atoms with Gasteiger partial charge in [-0.1, -0.05) is 0 Å². The molecule has 1 unspecified atom stereocenters. The lowest BCUT2D eigenvalue weighted by Gasteiger charge is -2.23. The first-order valence-corrected chi connectivity index (χ1v) is 7.26. The van der Waals surface area contributed by atoms with Crippen LogP contribution in [0.1, 0.15) is 30.1 Å². The van der Waals surface area contributed by atoms with E-state index in [9.17, 15) is 5.11 Å². The molecule has 1 N–H and O–H groups in total. The van der Waals surface area contributed by atoms with Gasteiger partial charge in [0.05, 0.1) is 33.5 Å². The number of aliphatic hydroxyl groups is 1. The van der Waals surface area contributed by atoms with Crippen molar-refractivity contribution in [2.45, 2.75) is 31.5 Å². The van der Waals surface area contributed by atoms with Crippen LogP contribution in [-0.2, 0) is 15.9 Å².